The number of carbonyl (C=O) groups is 2. The van der Waals surface area contributed by atoms with Crippen LogP contribution in [0.5, 0.6) is 0 Å². The van der Waals surface area contributed by atoms with Gasteiger partial charge in [0.25, 0.3) is 0 Å². The Bertz CT molecular complexity index is 2500. The summed E-state index contributed by atoms with van der Waals surface area (Å²) in [6.45, 7) is 17.9. The normalized spacial score (nSPS) is 53.5. The molecule has 27 nitrogen and oxygen atoms in total. The van der Waals surface area contributed by atoms with Gasteiger partial charge in [-0.15, -0.1) is 0 Å². The summed E-state index contributed by atoms with van der Waals surface area (Å²) in [5, 5.41) is 155. The van der Waals surface area contributed by atoms with E-state index in [0.717, 1.165) is 31.8 Å². The van der Waals surface area contributed by atoms with E-state index in [1.165, 1.54) is 13.8 Å². The van der Waals surface area contributed by atoms with E-state index in [1.807, 2.05) is 0 Å². The quantitative estimate of drug-likeness (QED) is 0.0540. The van der Waals surface area contributed by atoms with E-state index >= 15 is 4.79 Å². The maximum absolute atomic E-state index is 15.3. The number of aliphatic hydroxyl groups excluding tert-OH is 14. The van der Waals surface area contributed by atoms with Crippen LogP contribution in [-0.4, -0.2) is 263 Å². The van der Waals surface area contributed by atoms with Crippen molar-refractivity contribution in [2.45, 2.75) is 287 Å². The molecule has 0 unspecified atom stereocenters. The van der Waals surface area contributed by atoms with Gasteiger partial charge in [-0.05, 0) is 116 Å². The number of aliphatic hydroxyl groups is 14. The third kappa shape index (κ3) is 11.7. The van der Waals surface area contributed by atoms with Crippen molar-refractivity contribution in [3.05, 3.63) is 11.6 Å². The smallest absolute Gasteiger partial charge is 0.317 e. The van der Waals surface area contributed by atoms with Gasteiger partial charge in [0.2, 0.25) is 6.29 Å². The van der Waals surface area contributed by atoms with Crippen molar-refractivity contribution in [3.8, 4) is 0 Å². The van der Waals surface area contributed by atoms with E-state index in [0.29, 0.717) is 25.7 Å². The first-order chi connectivity index (χ1) is 41.0. The zero-order valence-corrected chi connectivity index (χ0v) is 51.9. The lowest BCUT2D eigenvalue weighted by Gasteiger charge is -2.71. The summed E-state index contributed by atoms with van der Waals surface area (Å²) in [5.74, 6) is -1.97. The average molecular weight is 1260 g/mol. The van der Waals surface area contributed by atoms with Gasteiger partial charge in [-0.3, -0.25) is 9.59 Å². The third-order valence-corrected chi connectivity index (χ3v) is 23.3. The Labute approximate surface area is 512 Å². The molecule has 10 rings (SSSR count). The van der Waals surface area contributed by atoms with Gasteiger partial charge in [0.1, 0.15) is 116 Å². The Hall–Kier alpha value is -2.24. The second-order valence-electron chi connectivity index (χ2n) is 29.4. The lowest BCUT2D eigenvalue weighted by atomic mass is 9.33. The molecule has 14 N–H and O–H groups in total. The number of ether oxygens (including phenoxy) is 11. The van der Waals surface area contributed by atoms with Gasteiger partial charge in [0, 0.05) is 6.92 Å². The lowest BCUT2D eigenvalue weighted by Crippen LogP contribution is -2.68. The number of hydrogen-bond acceptors (Lipinski definition) is 27. The van der Waals surface area contributed by atoms with Crippen molar-refractivity contribution in [2.24, 2.45) is 50.2 Å². The number of carbonyl (C=O) groups excluding carboxylic acids is 2. The van der Waals surface area contributed by atoms with Gasteiger partial charge < -0.3 is 124 Å². The summed E-state index contributed by atoms with van der Waals surface area (Å²) in [6.07, 6.45) is -32.6. The van der Waals surface area contributed by atoms with E-state index in [9.17, 15) is 76.3 Å². The van der Waals surface area contributed by atoms with Gasteiger partial charge in [0.05, 0.1) is 37.6 Å². The molecule has 5 saturated heterocycles. The molecule has 33 atom stereocenters. The van der Waals surface area contributed by atoms with Gasteiger partial charge in [-0.25, -0.2) is 0 Å². The molecule has 4 saturated carbocycles. The van der Waals surface area contributed by atoms with Crippen LogP contribution in [0.4, 0.5) is 0 Å². The van der Waals surface area contributed by atoms with Gasteiger partial charge >= 0.3 is 11.9 Å². The highest BCUT2D eigenvalue weighted by Crippen LogP contribution is 2.76. The van der Waals surface area contributed by atoms with Crippen LogP contribution in [0.15, 0.2) is 11.6 Å². The van der Waals surface area contributed by atoms with Crippen LogP contribution in [0.1, 0.15) is 127 Å². The van der Waals surface area contributed by atoms with Crippen molar-refractivity contribution in [2.75, 3.05) is 19.8 Å². The van der Waals surface area contributed by atoms with Crippen molar-refractivity contribution < 1.29 is 133 Å². The molecule has 9 fully saturated rings. The van der Waals surface area contributed by atoms with Crippen LogP contribution in [0, 0.1) is 50.2 Å². The number of hydrogen-bond donors (Lipinski definition) is 14. The SMILES string of the molecule is CC(=O)OC[C@H]1O[C@@H](OC[C@H]2O[C@@H](OC(=O)[C@]34CCC(C)(C)C[C@H]3C3=CC[C@@H]5[C@@]6(C)CC[C@H](O[C@@H]7OC[C@H](O)[C@H](O)[C@H]7O[C@@H]7O[C@@H](C)[C@H](O)[C@@H](O)[C@H]7O)C(C)(C)[C@@H]6CC[C@@]5(C)[C@]3(C)C[C@H]4O)[C@H](O)[C@@H](O)[C@@H]2O)[C@H](O)[C@@H](O)[C@@H]1O[C@@H]1O[C@@H](C)[C@H](O)[C@@H](O)[C@H]1O. The molecule has 88 heavy (non-hydrogen) atoms. The molecule has 5 aliphatic carbocycles. The minimum Gasteiger partial charge on any atom is -0.463 e. The maximum Gasteiger partial charge on any atom is 0.317 e. The molecule has 0 aromatic rings. The van der Waals surface area contributed by atoms with E-state index in [1.54, 1.807) is 0 Å². The highest BCUT2D eigenvalue weighted by atomic mass is 16.8. The molecular weight excluding hydrogens is 1160 g/mol. The third-order valence-electron chi connectivity index (χ3n) is 23.3. The minimum absolute atomic E-state index is 0.0920. The van der Waals surface area contributed by atoms with E-state index < -0.39 is 212 Å². The fourth-order valence-electron chi connectivity index (χ4n) is 17.8. The first-order valence-electron chi connectivity index (χ1n) is 31.4. The summed E-state index contributed by atoms with van der Waals surface area (Å²) in [6, 6.07) is 0. The Balaban J connectivity index is 0.842. The maximum atomic E-state index is 15.3. The average Bonchev–Trinajstić information content (AvgIpc) is 0.677. The second-order valence-corrected chi connectivity index (χ2v) is 29.4. The van der Waals surface area contributed by atoms with Crippen molar-refractivity contribution >= 4 is 11.9 Å². The monoisotopic (exact) mass is 1260 g/mol. The van der Waals surface area contributed by atoms with E-state index in [4.69, 9.17) is 52.1 Å². The summed E-state index contributed by atoms with van der Waals surface area (Å²) in [4.78, 5) is 27.3. The molecule has 0 spiro atoms. The summed E-state index contributed by atoms with van der Waals surface area (Å²) in [5.41, 5.74) is -2.57. The highest BCUT2D eigenvalue weighted by molar-refractivity contribution is 5.80. The van der Waals surface area contributed by atoms with Crippen LogP contribution >= 0.6 is 0 Å². The standard InChI is InChI=1S/C61H98O27/c1-24-36(65)40(69)44(73)51(81-24)86-48-31(23-78-26(3)62)84-50(47(76)43(48)72)80-22-30-39(68)42(71)46(75)53(83-30)88-55(77)61-18-17-56(4,5)19-28(61)27-11-12-33-58(8)15-14-35(57(6,7)32(58)13-16-59(33,9)60(27,10)20-34(61)64)85-54-49(38(67)29(63)21-79-54)87-52-45(74)41(70)37(66)25(2)82-52/h11,24-25,28-54,63-76H,12-23H2,1-10H3/t24-,25-,28-,29-,30+,31+,32-,33+,34+,35-,36-,37-,38-,39+,40+,41+,42-,43+,44+,45+,46+,47+,48+,49+,50+,51-,52-,53-,54-,58-,59+,60+,61+/m0/s1. The molecule has 0 aromatic heterocycles. The molecule has 5 aliphatic heterocycles. The highest BCUT2D eigenvalue weighted by Gasteiger charge is 2.72. The predicted molar refractivity (Wildman–Crippen MR) is 298 cm³/mol. The first kappa shape index (κ1) is 68.6. The fraction of sp³-hybridized carbons (Fsp3) is 0.934. The molecule has 0 amide bonds. The summed E-state index contributed by atoms with van der Waals surface area (Å²) in [7, 11) is 0. The van der Waals surface area contributed by atoms with Gasteiger partial charge in [-0.2, -0.15) is 0 Å². The molecular formula is C61H98O27. The Morgan fingerprint density at radius 2 is 1.14 bits per heavy atom. The largest absolute Gasteiger partial charge is 0.463 e. The van der Waals surface area contributed by atoms with Crippen molar-refractivity contribution in [1.82, 2.24) is 0 Å². The summed E-state index contributed by atoms with van der Waals surface area (Å²) >= 11 is 0. The molecule has 10 aliphatic rings. The predicted octanol–water partition coefficient (Wildman–Crippen LogP) is -1.98. The van der Waals surface area contributed by atoms with Crippen LogP contribution in [-0.2, 0) is 61.7 Å². The lowest BCUT2D eigenvalue weighted by molar-refractivity contribution is -0.364. The molecule has 0 radical (unpaired) electrons. The molecule has 504 valence electrons. The first-order valence-corrected chi connectivity index (χ1v) is 31.4. The van der Waals surface area contributed by atoms with Gasteiger partial charge in [-0.1, -0.05) is 60.1 Å². The molecule has 0 aromatic carbocycles. The van der Waals surface area contributed by atoms with Crippen molar-refractivity contribution in [1.29, 1.82) is 0 Å². The Morgan fingerprint density at radius 1 is 0.557 bits per heavy atom. The number of allylic oxidation sites excluding steroid dienone is 2. The van der Waals surface area contributed by atoms with E-state index in [-0.39, 0.29) is 42.1 Å². The van der Waals surface area contributed by atoms with Crippen LogP contribution < -0.4 is 0 Å². The van der Waals surface area contributed by atoms with Crippen molar-refractivity contribution in [3.63, 3.8) is 0 Å². The van der Waals surface area contributed by atoms with Crippen LogP contribution in [0.3, 0.4) is 0 Å². The zero-order valence-electron chi connectivity index (χ0n) is 51.9. The number of rotatable bonds is 13. The minimum atomic E-state index is -1.99. The molecule has 0 bridgehead atoms. The van der Waals surface area contributed by atoms with Crippen LogP contribution in [0.2, 0.25) is 0 Å². The van der Waals surface area contributed by atoms with Gasteiger partial charge in [0.15, 0.2) is 25.2 Å². The van der Waals surface area contributed by atoms with Crippen LogP contribution in [0.25, 0.3) is 0 Å². The zero-order chi connectivity index (χ0) is 64.4. The Morgan fingerprint density at radius 3 is 1.76 bits per heavy atom. The number of fused-ring (bicyclic) bond motifs is 7. The topological polar surface area (TPSA) is 419 Å². The molecule has 5 heterocycles. The Kier molecular flexibility index (Phi) is 19.6. The summed E-state index contributed by atoms with van der Waals surface area (Å²) < 4.78 is 65.0. The second kappa shape index (κ2) is 25.2. The molecule has 27 heteroatoms. The number of esters is 2. The van der Waals surface area contributed by atoms with E-state index in [2.05, 4.69) is 54.5 Å². The fourth-order valence-corrected chi connectivity index (χ4v) is 17.8.